The first-order chi connectivity index (χ1) is 16.9. The van der Waals surface area contributed by atoms with Crippen LogP contribution in [0.1, 0.15) is 60.0 Å². The zero-order chi connectivity index (χ0) is 26.2. The smallest absolute Gasteiger partial charge is 0.274 e. The summed E-state index contributed by atoms with van der Waals surface area (Å²) >= 11 is 17.8. The van der Waals surface area contributed by atoms with E-state index in [2.05, 4.69) is 20.7 Å². The highest BCUT2D eigenvalue weighted by molar-refractivity contribution is 7.80. The molecule has 2 heterocycles. The molecule has 0 radical (unpaired) electrons. The molecular weight excluding hydrogens is 521 g/mol. The van der Waals surface area contributed by atoms with Crippen molar-refractivity contribution in [2.45, 2.75) is 52.2 Å². The number of benzene rings is 1. The zero-order valence-corrected chi connectivity index (χ0v) is 22.5. The largest absolute Gasteiger partial charge is 0.473 e. The predicted octanol–water partition coefficient (Wildman–Crippen LogP) is 5.57. The average Bonchev–Trinajstić information content (AvgIpc) is 3.17. The third kappa shape index (κ3) is 5.86. The molecule has 188 valence electrons. The molecule has 2 aromatic heterocycles. The number of aromatic nitrogens is 3. The standard InChI is InChI=1S/C25H25Cl2N5O3S/c1-13-8-14(26)9-17(23(33)30-25(2,3)4)21(13)29-24(34)19-12-20(35-15-10-16(36)11-15)31-32(19)22-18(27)6-5-7-28-22/h5-9,12,15H,10-11H2,1-4H3,(H,29,34)(H,30,33). The summed E-state index contributed by atoms with van der Waals surface area (Å²) in [7, 11) is 0. The summed E-state index contributed by atoms with van der Waals surface area (Å²) < 4.78 is 7.23. The SMILES string of the molecule is Cc1cc(Cl)cc(C(=O)NC(C)(C)C)c1NC(=O)c1cc(OC2CC(=S)C2)nn1-c1ncccc1Cl. The predicted molar refractivity (Wildman–Crippen MR) is 144 cm³/mol. The first-order valence-electron chi connectivity index (χ1n) is 11.2. The lowest BCUT2D eigenvalue weighted by molar-refractivity contribution is 0.0920. The average molecular weight is 546 g/mol. The number of thiocarbonyl (C=S) groups is 1. The molecule has 2 N–H and O–H groups in total. The number of hydrogen-bond donors (Lipinski definition) is 2. The number of ether oxygens (including phenoxy) is 1. The van der Waals surface area contributed by atoms with Crippen LogP contribution in [0.15, 0.2) is 36.5 Å². The number of rotatable bonds is 6. The molecule has 1 aliphatic rings. The molecule has 2 amide bonds. The first-order valence-corrected chi connectivity index (χ1v) is 12.4. The molecule has 1 aromatic carbocycles. The molecule has 3 aromatic rings. The van der Waals surface area contributed by atoms with Gasteiger partial charge in [0.1, 0.15) is 11.8 Å². The van der Waals surface area contributed by atoms with Gasteiger partial charge in [-0.15, -0.1) is 5.10 Å². The second kappa shape index (κ2) is 10.2. The number of hydrogen-bond acceptors (Lipinski definition) is 6. The van der Waals surface area contributed by atoms with E-state index < -0.39 is 11.4 Å². The summed E-state index contributed by atoms with van der Waals surface area (Å²) in [6.07, 6.45) is 2.77. The number of carbonyl (C=O) groups excluding carboxylic acids is 2. The van der Waals surface area contributed by atoms with Crippen molar-refractivity contribution in [2.75, 3.05) is 5.32 Å². The van der Waals surface area contributed by atoms with Gasteiger partial charge >= 0.3 is 0 Å². The maximum absolute atomic E-state index is 13.6. The molecule has 0 aliphatic heterocycles. The van der Waals surface area contributed by atoms with Gasteiger partial charge in [-0.25, -0.2) is 9.67 Å². The zero-order valence-electron chi connectivity index (χ0n) is 20.2. The summed E-state index contributed by atoms with van der Waals surface area (Å²) in [4.78, 5) is 31.8. The molecule has 0 spiro atoms. The number of anilines is 1. The second-order valence-corrected chi connectivity index (χ2v) is 11.0. The number of nitrogens with one attached hydrogen (secondary N) is 2. The van der Waals surface area contributed by atoms with Gasteiger partial charge in [-0.05, 0) is 57.5 Å². The van der Waals surface area contributed by atoms with Crippen molar-refractivity contribution in [3.05, 3.63) is 63.4 Å². The van der Waals surface area contributed by atoms with Crippen LogP contribution in [-0.4, -0.2) is 43.1 Å². The minimum atomic E-state index is -0.529. The van der Waals surface area contributed by atoms with Crippen molar-refractivity contribution in [2.24, 2.45) is 0 Å². The normalized spacial score (nSPS) is 13.8. The van der Waals surface area contributed by atoms with Crippen molar-refractivity contribution in [1.82, 2.24) is 20.1 Å². The van der Waals surface area contributed by atoms with Crippen molar-refractivity contribution < 1.29 is 14.3 Å². The lowest BCUT2D eigenvalue weighted by atomic mass is 9.96. The Kier molecular flexibility index (Phi) is 7.36. The van der Waals surface area contributed by atoms with E-state index in [1.165, 1.54) is 16.8 Å². The maximum Gasteiger partial charge on any atom is 0.274 e. The molecule has 0 bridgehead atoms. The van der Waals surface area contributed by atoms with Crippen molar-refractivity contribution in [1.29, 1.82) is 0 Å². The van der Waals surface area contributed by atoms with Crippen LogP contribution in [0.5, 0.6) is 5.88 Å². The van der Waals surface area contributed by atoms with Gasteiger partial charge in [0.05, 0.1) is 16.3 Å². The lowest BCUT2D eigenvalue weighted by Crippen LogP contribution is -2.41. The Labute approximate surface area is 224 Å². The summed E-state index contributed by atoms with van der Waals surface area (Å²) in [5, 5.41) is 10.9. The number of amides is 2. The molecule has 1 fully saturated rings. The summed E-state index contributed by atoms with van der Waals surface area (Å²) in [6.45, 7) is 7.36. The minimum Gasteiger partial charge on any atom is -0.473 e. The van der Waals surface area contributed by atoms with Crippen molar-refractivity contribution in [3.8, 4) is 11.7 Å². The van der Waals surface area contributed by atoms with Crippen LogP contribution in [0.25, 0.3) is 5.82 Å². The van der Waals surface area contributed by atoms with Crippen LogP contribution in [-0.2, 0) is 0 Å². The van der Waals surface area contributed by atoms with E-state index in [4.69, 9.17) is 40.2 Å². The molecule has 1 saturated carbocycles. The fourth-order valence-electron chi connectivity index (χ4n) is 3.65. The van der Waals surface area contributed by atoms with Crippen molar-refractivity contribution >= 4 is 57.8 Å². The number of nitrogens with zero attached hydrogens (tertiary/aromatic N) is 3. The summed E-state index contributed by atoms with van der Waals surface area (Å²) in [5.41, 5.74) is 0.835. The van der Waals surface area contributed by atoms with Crippen LogP contribution in [0.3, 0.4) is 0 Å². The Bertz CT molecular complexity index is 1360. The van der Waals surface area contributed by atoms with E-state index in [9.17, 15) is 9.59 Å². The van der Waals surface area contributed by atoms with Gasteiger partial charge in [0.2, 0.25) is 5.88 Å². The monoisotopic (exact) mass is 545 g/mol. The van der Waals surface area contributed by atoms with Crippen LogP contribution in [0.2, 0.25) is 10.0 Å². The fraction of sp³-hybridized carbons (Fsp3) is 0.320. The Morgan fingerprint density at radius 2 is 1.89 bits per heavy atom. The number of pyridine rings is 1. The maximum atomic E-state index is 13.6. The molecule has 0 saturated heterocycles. The number of aryl methyl sites for hydroxylation is 1. The van der Waals surface area contributed by atoms with Gasteiger partial charge in [0.25, 0.3) is 11.8 Å². The molecular formula is C25H25Cl2N5O3S. The highest BCUT2D eigenvalue weighted by Crippen LogP contribution is 2.29. The van der Waals surface area contributed by atoms with Crippen LogP contribution in [0.4, 0.5) is 5.69 Å². The van der Waals surface area contributed by atoms with Crippen molar-refractivity contribution in [3.63, 3.8) is 0 Å². The third-order valence-corrected chi connectivity index (χ3v) is 6.18. The van der Waals surface area contributed by atoms with E-state index >= 15 is 0 Å². The van der Waals surface area contributed by atoms with E-state index in [0.717, 1.165) is 4.86 Å². The van der Waals surface area contributed by atoms with E-state index in [0.29, 0.717) is 34.1 Å². The summed E-state index contributed by atoms with van der Waals surface area (Å²) in [6, 6.07) is 8.04. The Balaban J connectivity index is 1.72. The van der Waals surface area contributed by atoms with Crippen LogP contribution in [0, 0.1) is 6.92 Å². The van der Waals surface area contributed by atoms with Gasteiger partial charge in [-0.2, -0.15) is 0 Å². The van der Waals surface area contributed by atoms with Gasteiger partial charge in [0.15, 0.2) is 5.82 Å². The van der Waals surface area contributed by atoms with Crippen LogP contribution < -0.4 is 15.4 Å². The molecule has 1 aliphatic carbocycles. The van der Waals surface area contributed by atoms with E-state index in [1.54, 1.807) is 31.3 Å². The second-order valence-electron chi connectivity index (χ2n) is 9.58. The van der Waals surface area contributed by atoms with Crippen LogP contribution >= 0.6 is 35.4 Å². The highest BCUT2D eigenvalue weighted by atomic mass is 35.5. The number of carbonyl (C=O) groups is 2. The van der Waals surface area contributed by atoms with Gasteiger partial charge in [-0.1, -0.05) is 35.4 Å². The first kappa shape index (κ1) is 26.1. The highest BCUT2D eigenvalue weighted by Gasteiger charge is 2.28. The molecule has 36 heavy (non-hydrogen) atoms. The molecule has 8 nitrogen and oxygen atoms in total. The fourth-order valence-corrected chi connectivity index (χ4v) is 4.50. The number of halogens is 2. The Morgan fingerprint density at radius 3 is 2.53 bits per heavy atom. The quantitative estimate of drug-likeness (QED) is 0.392. The third-order valence-electron chi connectivity index (χ3n) is 5.33. The molecule has 11 heteroatoms. The Morgan fingerprint density at radius 1 is 1.17 bits per heavy atom. The minimum absolute atomic E-state index is 0.0952. The molecule has 0 unspecified atom stereocenters. The molecule has 0 atom stereocenters. The summed E-state index contributed by atoms with van der Waals surface area (Å²) in [5.74, 6) is -0.386. The van der Waals surface area contributed by atoms with Gasteiger partial charge < -0.3 is 15.4 Å². The van der Waals surface area contributed by atoms with Gasteiger partial charge in [0, 0.05) is 40.5 Å². The topological polar surface area (TPSA) is 98.1 Å². The lowest BCUT2D eigenvalue weighted by Gasteiger charge is -2.26. The van der Waals surface area contributed by atoms with Gasteiger partial charge in [-0.3, -0.25) is 9.59 Å². The van der Waals surface area contributed by atoms with E-state index in [-0.39, 0.29) is 35.0 Å². The molecule has 4 rings (SSSR count). The Hall–Kier alpha value is -3.01. The van der Waals surface area contributed by atoms with E-state index in [1.807, 2.05) is 20.8 Å².